The number of hydrogen-bond donors (Lipinski definition) is 2. The second-order valence-corrected chi connectivity index (χ2v) is 3.05. The third kappa shape index (κ3) is 1.10. The molecule has 2 aromatic heterocycles. The minimum Gasteiger partial charge on any atom is -0.477 e. The fourth-order valence-corrected chi connectivity index (χ4v) is 1.33. The second-order valence-electron chi connectivity index (χ2n) is 3.05. The first kappa shape index (κ1) is 8.55. The summed E-state index contributed by atoms with van der Waals surface area (Å²) in [6, 6.07) is 3.14. The lowest BCUT2D eigenvalue weighted by Gasteiger charge is -1.94. The van der Waals surface area contributed by atoms with Crippen LogP contribution in [0.25, 0.3) is 10.9 Å². The van der Waals surface area contributed by atoms with Gasteiger partial charge in [-0.05, 0) is 12.1 Å². The number of H-pyrrole nitrogens is 1. The van der Waals surface area contributed by atoms with Crippen molar-refractivity contribution >= 4 is 16.9 Å². The highest BCUT2D eigenvalue weighted by Crippen LogP contribution is 2.10. The smallest absolute Gasteiger partial charge is 0.352 e. The van der Waals surface area contributed by atoms with Gasteiger partial charge < -0.3 is 14.7 Å². The van der Waals surface area contributed by atoms with Crippen LogP contribution in [0.3, 0.4) is 0 Å². The van der Waals surface area contributed by atoms with Crippen LogP contribution in [-0.2, 0) is 7.05 Å². The molecular weight excluding hydrogens is 184 g/mol. The minimum absolute atomic E-state index is 0.0308. The van der Waals surface area contributed by atoms with E-state index in [1.165, 1.54) is 10.6 Å². The maximum atomic E-state index is 11.5. The first-order chi connectivity index (χ1) is 6.59. The molecule has 2 N–H and O–H groups in total. The van der Waals surface area contributed by atoms with E-state index in [2.05, 4.69) is 4.98 Å². The Hall–Kier alpha value is -2.04. The van der Waals surface area contributed by atoms with E-state index in [0.717, 1.165) is 0 Å². The lowest BCUT2D eigenvalue weighted by atomic mass is 10.3. The number of rotatable bonds is 1. The molecule has 5 nitrogen and oxygen atoms in total. The summed E-state index contributed by atoms with van der Waals surface area (Å²) in [6.45, 7) is 0. The monoisotopic (exact) mass is 192 g/mol. The molecule has 0 fully saturated rings. The van der Waals surface area contributed by atoms with Gasteiger partial charge in [-0.2, -0.15) is 0 Å². The Morgan fingerprint density at radius 1 is 1.57 bits per heavy atom. The first-order valence-corrected chi connectivity index (χ1v) is 4.01. The van der Waals surface area contributed by atoms with Crippen LogP contribution in [-0.4, -0.2) is 20.6 Å². The topological polar surface area (TPSA) is 75.1 Å². The summed E-state index contributed by atoms with van der Waals surface area (Å²) in [4.78, 5) is 24.7. The van der Waals surface area contributed by atoms with Gasteiger partial charge in [0.15, 0.2) is 0 Å². The summed E-state index contributed by atoms with van der Waals surface area (Å²) >= 11 is 0. The van der Waals surface area contributed by atoms with Crippen LogP contribution in [0.2, 0.25) is 0 Å². The van der Waals surface area contributed by atoms with Crippen LogP contribution < -0.4 is 5.56 Å². The quantitative estimate of drug-likeness (QED) is 0.693. The van der Waals surface area contributed by atoms with E-state index in [0.29, 0.717) is 10.9 Å². The van der Waals surface area contributed by atoms with E-state index in [1.807, 2.05) is 0 Å². The molecular formula is C9H8N2O3. The Bertz CT molecular complexity index is 565. The minimum atomic E-state index is -1.07. The molecule has 0 saturated carbocycles. The lowest BCUT2D eigenvalue weighted by molar-refractivity contribution is 0.0691. The molecule has 0 aromatic carbocycles. The third-order valence-corrected chi connectivity index (χ3v) is 2.09. The molecule has 2 rings (SSSR count). The van der Waals surface area contributed by atoms with Crippen LogP contribution in [0.5, 0.6) is 0 Å². The number of aromatic carboxylic acids is 1. The van der Waals surface area contributed by atoms with Crippen molar-refractivity contribution in [3.63, 3.8) is 0 Å². The van der Waals surface area contributed by atoms with Crippen LogP contribution in [0, 0.1) is 0 Å². The Morgan fingerprint density at radius 2 is 2.29 bits per heavy atom. The summed E-state index contributed by atoms with van der Waals surface area (Å²) in [5, 5.41) is 9.32. The van der Waals surface area contributed by atoms with E-state index >= 15 is 0 Å². The number of pyridine rings is 1. The molecule has 0 amide bonds. The Labute approximate surface area is 78.6 Å². The van der Waals surface area contributed by atoms with Gasteiger partial charge in [-0.1, -0.05) is 0 Å². The molecule has 5 heteroatoms. The number of carboxylic acids is 1. The van der Waals surface area contributed by atoms with Crippen molar-refractivity contribution in [3.05, 3.63) is 34.4 Å². The molecule has 0 aliphatic heterocycles. The zero-order valence-electron chi connectivity index (χ0n) is 7.44. The largest absolute Gasteiger partial charge is 0.477 e. The van der Waals surface area contributed by atoms with Gasteiger partial charge in [0.05, 0.1) is 0 Å². The van der Waals surface area contributed by atoms with Crippen LogP contribution >= 0.6 is 0 Å². The number of fused-ring (bicyclic) bond motifs is 1. The Kier molecular flexibility index (Phi) is 1.67. The van der Waals surface area contributed by atoms with Crippen molar-refractivity contribution in [1.82, 2.24) is 9.55 Å². The van der Waals surface area contributed by atoms with Gasteiger partial charge in [-0.3, -0.25) is 4.79 Å². The maximum Gasteiger partial charge on any atom is 0.352 e. The van der Waals surface area contributed by atoms with Crippen molar-refractivity contribution in [1.29, 1.82) is 0 Å². The molecule has 14 heavy (non-hydrogen) atoms. The molecule has 2 aromatic rings. The standard InChI is InChI=1S/C9H8N2O3/c1-11-3-2-5-4-6(9(13)14)10-7(5)8(11)12/h2-4,10H,1H3,(H,13,14). The van der Waals surface area contributed by atoms with Crippen LogP contribution in [0.4, 0.5) is 0 Å². The van der Waals surface area contributed by atoms with E-state index in [1.54, 1.807) is 19.3 Å². The second kappa shape index (κ2) is 2.73. The number of aromatic amines is 1. The molecule has 0 saturated heterocycles. The van der Waals surface area contributed by atoms with Crippen molar-refractivity contribution in [2.24, 2.45) is 7.05 Å². The van der Waals surface area contributed by atoms with E-state index in [9.17, 15) is 9.59 Å². The van der Waals surface area contributed by atoms with Crippen molar-refractivity contribution in [2.45, 2.75) is 0 Å². The number of nitrogens with zero attached hydrogens (tertiary/aromatic N) is 1. The molecule has 72 valence electrons. The zero-order valence-corrected chi connectivity index (χ0v) is 7.44. The van der Waals surface area contributed by atoms with Crippen molar-refractivity contribution < 1.29 is 9.90 Å². The average Bonchev–Trinajstić information content (AvgIpc) is 2.56. The summed E-state index contributed by atoms with van der Waals surface area (Å²) in [7, 11) is 1.61. The SMILES string of the molecule is Cn1ccc2cc(C(=O)O)[nH]c2c1=O. The highest BCUT2D eigenvalue weighted by molar-refractivity contribution is 5.93. The molecule has 0 atom stereocenters. The van der Waals surface area contributed by atoms with Gasteiger partial charge in [0.1, 0.15) is 11.2 Å². The molecule has 0 aliphatic carbocycles. The van der Waals surface area contributed by atoms with Gasteiger partial charge in [0, 0.05) is 18.6 Å². The maximum absolute atomic E-state index is 11.5. The van der Waals surface area contributed by atoms with E-state index < -0.39 is 5.97 Å². The van der Waals surface area contributed by atoms with Gasteiger partial charge in [-0.25, -0.2) is 4.79 Å². The lowest BCUT2D eigenvalue weighted by Crippen LogP contribution is -2.15. The van der Waals surface area contributed by atoms with Gasteiger partial charge >= 0.3 is 5.97 Å². The molecule has 0 bridgehead atoms. The Morgan fingerprint density at radius 3 is 2.93 bits per heavy atom. The molecule has 2 heterocycles. The fourth-order valence-electron chi connectivity index (χ4n) is 1.33. The average molecular weight is 192 g/mol. The van der Waals surface area contributed by atoms with Crippen LogP contribution in [0.1, 0.15) is 10.5 Å². The summed E-state index contributed by atoms with van der Waals surface area (Å²) < 4.78 is 1.39. The number of aromatic nitrogens is 2. The molecule has 0 aliphatic rings. The zero-order chi connectivity index (χ0) is 10.3. The van der Waals surface area contributed by atoms with E-state index in [4.69, 9.17) is 5.11 Å². The first-order valence-electron chi connectivity index (χ1n) is 4.01. The highest BCUT2D eigenvalue weighted by Gasteiger charge is 2.09. The summed E-state index contributed by atoms with van der Waals surface area (Å²) in [6.07, 6.45) is 1.60. The summed E-state index contributed by atoms with van der Waals surface area (Å²) in [5.41, 5.74) is 0.130. The number of aryl methyl sites for hydroxylation is 1. The third-order valence-electron chi connectivity index (χ3n) is 2.09. The molecule has 0 spiro atoms. The van der Waals surface area contributed by atoms with Crippen molar-refractivity contribution in [3.8, 4) is 0 Å². The number of carboxylic acid groups (broad SMARTS) is 1. The predicted molar refractivity (Wildman–Crippen MR) is 50.5 cm³/mol. The molecule has 0 radical (unpaired) electrons. The number of carbonyl (C=O) groups is 1. The van der Waals surface area contributed by atoms with E-state index in [-0.39, 0.29) is 11.3 Å². The predicted octanol–water partition coefficient (Wildman–Crippen LogP) is 0.565. The fraction of sp³-hybridized carbons (Fsp3) is 0.111. The number of nitrogens with one attached hydrogen (secondary N) is 1. The molecule has 0 unspecified atom stereocenters. The summed E-state index contributed by atoms with van der Waals surface area (Å²) in [5.74, 6) is -1.07. The van der Waals surface area contributed by atoms with Crippen LogP contribution in [0.15, 0.2) is 23.1 Å². The highest BCUT2D eigenvalue weighted by atomic mass is 16.4. The van der Waals surface area contributed by atoms with Gasteiger partial charge in [0.25, 0.3) is 5.56 Å². The Balaban J connectivity index is 2.84. The van der Waals surface area contributed by atoms with Gasteiger partial charge in [0.2, 0.25) is 0 Å². The number of hydrogen-bond acceptors (Lipinski definition) is 2. The van der Waals surface area contributed by atoms with Gasteiger partial charge in [-0.15, -0.1) is 0 Å². The normalized spacial score (nSPS) is 10.6. The van der Waals surface area contributed by atoms with Crippen molar-refractivity contribution in [2.75, 3.05) is 0 Å².